The number of benzene rings is 1. The van der Waals surface area contributed by atoms with Crippen molar-refractivity contribution < 1.29 is 4.74 Å². The molecule has 2 aliphatic rings. The summed E-state index contributed by atoms with van der Waals surface area (Å²) in [4.78, 5) is 2.63. The summed E-state index contributed by atoms with van der Waals surface area (Å²) < 4.78 is 6.04. The van der Waals surface area contributed by atoms with E-state index in [1.807, 2.05) is 0 Å². The number of aryl methyl sites for hydroxylation is 1. The number of ether oxygens (including phenoxy) is 1. The van der Waals surface area contributed by atoms with Gasteiger partial charge in [-0.3, -0.25) is 4.90 Å². The average molecular weight is 231 g/mol. The molecule has 17 heavy (non-hydrogen) atoms. The molecule has 0 spiro atoms. The Morgan fingerprint density at radius 3 is 3.12 bits per heavy atom. The summed E-state index contributed by atoms with van der Waals surface area (Å²) in [6.07, 6.45) is 4.02. The molecule has 2 atom stereocenters. The van der Waals surface area contributed by atoms with Gasteiger partial charge in [0.1, 0.15) is 0 Å². The maximum absolute atomic E-state index is 6.04. The second kappa shape index (κ2) is 4.79. The number of fused-ring (bicyclic) bond motifs is 3. The molecule has 2 nitrogen and oxygen atoms in total. The Bertz CT molecular complexity index is 388. The van der Waals surface area contributed by atoms with E-state index in [4.69, 9.17) is 4.74 Å². The second-order valence-corrected chi connectivity index (χ2v) is 5.13. The first-order valence-corrected chi connectivity index (χ1v) is 6.83. The third-order valence-electron chi connectivity index (χ3n) is 4.08. The predicted molar refractivity (Wildman–Crippen MR) is 69.1 cm³/mol. The van der Waals surface area contributed by atoms with Crippen LogP contribution in [0.1, 0.15) is 37.0 Å². The van der Waals surface area contributed by atoms with Crippen LogP contribution < -0.4 is 0 Å². The minimum absolute atomic E-state index is 0.320. The first-order chi connectivity index (χ1) is 8.40. The van der Waals surface area contributed by atoms with Crippen LogP contribution in [0.25, 0.3) is 0 Å². The van der Waals surface area contributed by atoms with Gasteiger partial charge in [-0.25, -0.2) is 0 Å². The smallest absolute Gasteiger partial charge is 0.0983 e. The van der Waals surface area contributed by atoms with Crippen LogP contribution in [0.5, 0.6) is 0 Å². The lowest BCUT2D eigenvalue weighted by Gasteiger charge is -2.44. The molecule has 0 N–H and O–H groups in total. The molecule has 3 rings (SSSR count). The average Bonchev–Trinajstić information content (AvgIpc) is 2.39. The van der Waals surface area contributed by atoms with Crippen LogP contribution in [-0.2, 0) is 11.2 Å². The van der Waals surface area contributed by atoms with E-state index in [0.717, 1.165) is 13.2 Å². The van der Waals surface area contributed by atoms with Gasteiger partial charge in [-0.05, 0) is 36.9 Å². The Morgan fingerprint density at radius 2 is 2.24 bits per heavy atom. The molecule has 1 aliphatic carbocycles. The summed E-state index contributed by atoms with van der Waals surface area (Å²) in [5, 5.41) is 0. The van der Waals surface area contributed by atoms with Crippen LogP contribution in [0.15, 0.2) is 24.3 Å². The van der Waals surface area contributed by atoms with E-state index >= 15 is 0 Å². The van der Waals surface area contributed by atoms with Gasteiger partial charge in [-0.2, -0.15) is 0 Å². The van der Waals surface area contributed by atoms with E-state index in [1.165, 1.54) is 36.9 Å². The molecule has 0 saturated carbocycles. The van der Waals surface area contributed by atoms with Crippen LogP contribution in [0.3, 0.4) is 0 Å². The maximum Gasteiger partial charge on any atom is 0.0983 e. The molecule has 1 aromatic rings. The van der Waals surface area contributed by atoms with Gasteiger partial charge in [0.15, 0.2) is 0 Å². The molecule has 1 fully saturated rings. The summed E-state index contributed by atoms with van der Waals surface area (Å²) in [7, 11) is 0. The van der Waals surface area contributed by atoms with Crippen molar-refractivity contribution in [2.45, 2.75) is 38.3 Å². The normalized spacial score (nSPS) is 28.5. The summed E-state index contributed by atoms with van der Waals surface area (Å²) in [6.45, 7) is 5.47. The van der Waals surface area contributed by atoms with Gasteiger partial charge in [0, 0.05) is 12.6 Å². The first-order valence-electron chi connectivity index (χ1n) is 6.83. The van der Waals surface area contributed by atoms with E-state index in [9.17, 15) is 0 Å². The lowest BCUT2D eigenvalue weighted by molar-refractivity contribution is -0.0801. The Labute approximate surface area is 104 Å². The van der Waals surface area contributed by atoms with E-state index in [-0.39, 0.29) is 0 Å². The van der Waals surface area contributed by atoms with Crippen molar-refractivity contribution in [3.05, 3.63) is 35.4 Å². The largest absolute Gasteiger partial charge is 0.371 e. The fourth-order valence-corrected chi connectivity index (χ4v) is 3.30. The third kappa shape index (κ3) is 2.00. The number of hydrogen-bond donors (Lipinski definition) is 0. The third-order valence-corrected chi connectivity index (χ3v) is 4.08. The summed E-state index contributed by atoms with van der Waals surface area (Å²) in [5.41, 5.74) is 2.93. The maximum atomic E-state index is 6.04. The van der Waals surface area contributed by atoms with Gasteiger partial charge < -0.3 is 4.74 Å². The van der Waals surface area contributed by atoms with Crippen LogP contribution in [0, 0.1) is 0 Å². The first kappa shape index (κ1) is 11.2. The van der Waals surface area contributed by atoms with Gasteiger partial charge in [0.25, 0.3) is 0 Å². The van der Waals surface area contributed by atoms with E-state index in [1.54, 1.807) is 0 Å². The van der Waals surface area contributed by atoms with Crippen LogP contribution in [0.4, 0.5) is 0 Å². The highest BCUT2D eigenvalue weighted by Crippen LogP contribution is 2.37. The summed E-state index contributed by atoms with van der Waals surface area (Å²) in [5.74, 6) is 0. The van der Waals surface area contributed by atoms with Crippen molar-refractivity contribution in [2.24, 2.45) is 0 Å². The van der Waals surface area contributed by atoms with Crippen molar-refractivity contribution >= 4 is 0 Å². The Balaban J connectivity index is 1.88. The molecule has 0 amide bonds. The minimum Gasteiger partial charge on any atom is -0.371 e. The van der Waals surface area contributed by atoms with Crippen molar-refractivity contribution in [3.8, 4) is 0 Å². The lowest BCUT2D eigenvalue weighted by atomic mass is 9.84. The quantitative estimate of drug-likeness (QED) is 0.776. The molecule has 0 aromatic heterocycles. The molecular weight excluding hydrogens is 210 g/mol. The Hall–Kier alpha value is -0.860. The van der Waals surface area contributed by atoms with Gasteiger partial charge in [-0.1, -0.05) is 31.2 Å². The molecule has 1 saturated heterocycles. The Morgan fingerprint density at radius 1 is 1.35 bits per heavy atom. The van der Waals surface area contributed by atoms with Crippen molar-refractivity contribution in [1.29, 1.82) is 0 Å². The molecule has 0 bridgehead atoms. The van der Waals surface area contributed by atoms with Crippen LogP contribution in [-0.4, -0.2) is 30.6 Å². The Kier molecular flexibility index (Phi) is 3.17. The monoisotopic (exact) mass is 231 g/mol. The van der Waals surface area contributed by atoms with Gasteiger partial charge in [-0.15, -0.1) is 0 Å². The molecule has 1 heterocycles. The number of morpholine rings is 1. The highest BCUT2D eigenvalue weighted by molar-refractivity contribution is 5.33. The molecular formula is C15H21NO. The zero-order valence-corrected chi connectivity index (χ0v) is 10.6. The summed E-state index contributed by atoms with van der Waals surface area (Å²) in [6, 6.07) is 9.41. The number of nitrogens with zero attached hydrogens (tertiary/aromatic N) is 1. The van der Waals surface area contributed by atoms with Crippen LogP contribution in [0.2, 0.25) is 0 Å². The van der Waals surface area contributed by atoms with Crippen molar-refractivity contribution in [1.82, 2.24) is 4.90 Å². The summed E-state index contributed by atoms with van der Waals surface area (Å²) >= 11 is 0. The van der Waals surface area contributed by atoms with E-state index < -0.39 is 0 Å². The predicted octanol–water partition coefficient (Wildman–Crippen LogP) is 2.78. The molecule has 1 unspecified atom stereocenters. The molecule has 0 radical (unpaired) electrons. The standard InChI is InChI=1S/C15H21NO/c1-2-9-16-10-11-17-15-13-6-4-3-5-12(13)7-8-14(15)16/h3-6,14-15H,2,7-11H2,1H3/t14-,15?/m1/s1. The molecule has 92 valence electrons. The highest BCUT2D eigenvalue weighted by Gasteiger charge is 2.36. The highest BCUT2D eigenvalue weighted by atomic mass is 16.5. The van der Waals surface area contributed by atoms with Crippen molar-refractivity contribution in [3.63, 3.8) is 0 Å². The molecule has 2 heteroatoms. The minimum atomic E-state index is 0.320. The zero-order valence-electron chi connectivity index (χ0n) is 10.6. The molecule has 1 aliphatic heterocycles. The van der Waals surface area contributed by atoms with Crippen LogP contribution >= 0.6 is 0 Å². The van der Waals surface area contributed by atoms with E-state index in [0.29, 0.717) is 12.1 Å². The van der Waals surface area contributed by atoms with Gasteiger partial charge in [0.05, 0.1) is 12.7 Å². The topological polar surface area (TPSA) is 12.5 Å². The fourth-order valence-electron chi connectivity index (χ4n) is 3.30. The number of rotatable bonds is 2. The van der Waals surface area contributed by atoms with Gasteiger partial charge >= 0.3 is 0 Å². The SMILES string of the molecule is CCCN1CCOC2c3ccccc3CC[C@H]21. The van der Waals surface area contributed by atoms with E-state index in [2.05, 4.69) is 36.1 Å². The molecule has 1 aromatic carbocycles. The number of hydrogen-bond acceptors (Lipinski definition) is 2. The zero-order chi connectivity index (χ0) is 11.7. The fraction of sp³-hybridized carbons (Fsp3) is 0.600. The second-order valence-electron chi connectivity index (χ2n) is 5.13. The lowest BCUT2D eigenvalue weighted by Crippen LogP contribution is -2.49. The van der Waals surface area contributed by atoms with Crippen molar-refractivity contribution in [2.75, 3.05) is 19.7 Å². The van der Waals surface area contributed by atoms with Gasteiger partial charge in [0.2, 0.25) is 0 Å².